The molecular formula is C15H21NO3S. The van der Waals surface area contributed by atoms with Gasteiger partial charge in [-0.1, -0.05) is 29.8 Å². The number of nitrogens with two attached hydrogens (primary N) is 1. The van der Waals surface area contributed by atoms with Crippen LogP contribution in [0.1, 0.15) is 18.4 Å². The van der Waals surface area contributed by atoms with Crippen LogP contribution in [0.4, 0.5) is 0 Å². The van der Waals surface area contributed by atoms with Crippen molar-refractivity contribution in [3.63, 3.8) is 0 Å². The maximum atomic E-state index is 10.5. The van der Waals surface area contributed by atoms with Crippen molar-refractivity contribution in [2.75, 3.05) is 6.54 Å². The summed E-state index contributed by atoms with van der Waals surface area (Å²) in [5.41, 5.74) is 6.54. The predicted octanol–water partition coefficient (Wildman–Crippen LogP) is 2.40. The summed E-state index contributed by atoms with van der Waals surface area (Å²) in [6.07, 6.45) is 7.46. The molecular weight excluding hydrogens is 274 g/mol. The van der Waals surface area contributed by atoms with E-state index in [1.54, 1.807) is 12.1 Å². The zero-order valence-electron chi connectivity index (χ0n) is 11.6. The van der Waals surface area contributed by atoms with Gasteiger partial charge in [-0.05, 0) is 56.2 Å². The molecule has 0 saturated heterocycles. The molecule has 3 rings (SSSR count). The molecule has 0 aliphatic heterocycles. The molecule has 1 fully saturated rings. The van der Waals surface area contributed by atoms with Crippen molar-refractivity contribution in [1.82, 2.24) is 0 Å². The fraction of sp³-hybridized carbons (Fsp3) is 0.467. The fourth-order valence-electron chi connectivity index (χ4n) is 2.88. The first-order valence-electron chi connectivity index (χ1n) is 6.82. The molecule has 2 aliphatic rings. The maximum Gasteiger partial charge on any atom is 0.294 e. The number of hydrogen-bond acceptors (Lipinski definition) is 3. The van der Waals surface area contributed by atoms with E-state index in [-0.39, 0.29) is 4.90 Å². The largest absolute Gasteiger partial charge is 0.330 e. The monoisotopic (exact) mass is 295 g/mol. The summed E-state index contributed by atoms with van der Waals surface area (Å²) >= 11 is 0. The van der Waals surface area contributed by atoms with Gasteiger partial charge in [0.15, 0.2) is 0 Å². The standard InChI is InChI=1S/C8H13N.C7H8O3S/c9-5-8-4-6-1-2-7(8)3-6;1-6-2-4-7(5-3-6)11(8,9)10/h1-2,6-8H,3-5,9H2;2-5H,1H3,(H,8,9,10). The van der Waals surface area contributed by atoms with Gasteiger partial charge in [0.1, 0.15) is 0 Å². The summed E-state index contributed by atoms with van der Waals surface area (Å²) in [7, 11) is -4.02. The molecule has 2 aliphatic carbocycles. The second-order valence-electron chi connectivity index (χ2n) is 5.56. The lowest BCUT2D eigenvalue weighted by molar-refractivity contribution is 0.459. The van der Waals surface area contributed by atoms with Crippen LogP contribution in [0.5, 0.6) is 0 Å². The zero-order chi connectivity index (χ0) is 14.8. The van der Waals surface area contributed by atoms with Gasteiger partial charge in [0.05, 0.1) is 4.90 Å². The second-order valence-corrected chi connectivity index (χ2v) is 6.99. The van der Waals surface area contributed by atoms with Crippen LogP contribution >= 0.6 is 0 Å². The van der Waals surface area contributed by atoms with Crippen LogP contribution in [0.3, 0.4) is 0 Å². The molecule has 0 spiro atoms. The Morgan fingerprint density at radius 2 is 1.85 bits per heavy atom. The van der Waals surface area contributed by atoms with Crippen LogP contribution < -0.4 is 5.73 Å². The van der Waals surface area contributed by atoms with Crippen LogP contribution in [0.15, 0.2) is 41.3 Å². The van der Waals surface area contributed by atoms with E-state index in [1.165, 1.54) is 25.0 Å². The molecule has 1 saturated carbocycles. The fourth-order valence-corrected chi connectivity index (χ4v) is 3.36. The SMILES string of the molecule is Cc1ccc(S(=O)(=O)O)cc1.NCC1CC2C=CC1C2. The van der Waals surface area contributed by atoms with E-state index in [0.29, 0.717) is 0 Å². The number of hydrogen-bond donors (Lipinski definition) is 2. The van der Waals surface area contributed by atoms with E-state index in [9.17, 15) is 8.42 Å². The van der Waals surface area contributed by atoms with Gasteiger partial charge in [0.2, 0.25) is 0 Å². The molecule has 1 aromatic rings. The van der Waals surface area contributed by atoms with Crippen molar-refractivity contribution in [3.8, 4) is 0 Å². The first kappa shape index (κ1) is 15.2. The molecule has 20 heavy (non-hydrogen) atoms. The third kappa shape index (κ3) is 3.69. The highest BCUT2D eigenvalue weighted by Gasteiger charge is 2.34. The highest BCUT2D eigenvalue weighted by Crippen LogP contribution is 2.42. The minimum absolute atomic E-state index is 0.0666. The van der Waals surface area contributed by atoms with Gasteiger partial charge in [-0.2, -0.15) is 8.42 Å². The normalized spacial score (nSPS) is 27.2. The smallest absolute Gasteiger partial charge is 0.294 e. The van der Waals surface area contributed by atoms with Crippen LogP contribution in [0.25, 0.3) is 0 Å². The van der Waals surface area contributed by atoms with E-state index >= 15 is 0 Å². The molecule has 5 heteroatoms. The molecule has 0 radical (unpaired) electrons. The van der Waals surface area contributed by atoms with Crippen LogP contribution in [0, 0.1) is 24.7 Å². The number of benzene rings is 1. The lowest BCUT2D eigenvalue weighted by atomic mass is 9.94. The van der Waals surface area contributed by atoms with E-state index in [4.69, 9.17) is 10.3 Å². The zero-order valence-corrected chi connectivity index (χ0v) is 12.4. The van der Waals surface area contributed by atoms with E-state index < -0.39 is 10.1 Å². The Hall–Kier alpha value is -1.17. The Bertz CT molecular complexity index is 578. The lowest BCUT2D eigenvalue weighted by Crippen LogP contribution is -2.17. The third-order valence-corrected chi connectivity index (χ3v) is 4.91. The van der Waals surface area contributed by atoms with E-state index in [2.05, 4.69) is 12.2 Å². The summed E-state index contributed by atoms with van der Waals surface area (Å²) in [6, 6.07) is 5.99. The Morgan fingerprint density at radius 3 is 2.20 bits per heavy atom. The highest BCUT2D eigenvalue weighted by atomic mass is 32.2. The minimum Gasteiger partial charge on any atom is -0.330 e. The summed E-state index contributed by atoms with van der Waals surface area (Å²) in [5, 5.41) is 0. The number of aryl methyl sites for hydroxylation is 1. The topological polar surface area (TPSA) is 80.4 Å². The van der Waals surface area contributed by atoms with E-state index in [0.717, 1.165) is 29.9 Å². The van der Waals surface area contributed by atoms with Crippen molar-refractivity contribution in [3.05, 3.63) is 42.0 Å². The molecule has 3 unspecified atom stereocenters. The van der Waals surface area contributed by atoms with Crippen molar-refractivity contribution >= 4 is 10.1 Å². The first-order chi connectivity index (χ1) is 9.40. The third-order valence-electron chi connectivity index (χ3n) is 4.04. The van der Waals surface area contributed by atoms with Gasteiger partial charge in [0, 0.05) is 0 Å². The Morgan fingerprint density at radius 1 is 1.20 bits per heavy atom. The molecule has 4 nitrogen and oxygen atoms in total. The predicted molar refractivity (Wildman–Crippen MR) is 78.9 cm³/mol. The number of allylic oxidation sites excluding steroid dienone is 2. The molecule has 1 aromatic carbocycles. The van der Waals surface area contributed by atoms with Gasteiger partial charge >= 0.3 is 0 Å². The average Bonchev–Trinajstić information content (AvgIpc) is 3.01. The van der Waals surface area contributed by atoms with Crippen molar-refractivity contribution in [2.45, 2.75) is 24.7 Å². The van der Waals surface area contributed by atoms with Gasteiger partial charge in [-0.15, -0.1) is 0 Å². The molecule has 0 aromatic heterocycles. The summed E-state index contributed by atoms with van der Waals surface area (Å²) < 4.78 is 29.6. The minimum atomic E-state index is -4.02. The van der Waals surface area contributed by atoms with Gasteiger partial charge < -0.3 is 5.73 Å². The summed E-state index contributed by atoms with van der Waals surface area (Å²) in [4.78, 5) is -0.0666. The molecule has 0 heterocycles. The average molecular weight is 295 g/mol. The quantitative estimate of drug-likeness (QED) is 0.648. The van der Waals surface area contributed by atoms with E-state index in [1.807, 2.05) is 6.92 Å². The highest BCUT2D eigenvalue weighted by molar-refractivity contribution is 7.85. The molecule has 3 N–H and O–H groups in total. The Labute approximate surface area is 120 Å². The van der Waals surface area contributed by atoms with Crippen LogP contribution in [-0.4, -0.2) is 19.5 Å². The van der Waals surface area contributed by atoms with Crippen molar-refractivity contribution in [1.29, 1.82) is 0 Å². The van der Waals surface area contributed by atoms with Crippen LogP contribution in [-0.2, 0) is 10.1 Å². The molecule has 0 amide bonds. The Kier molecular flexibility index (Phi) is 4.62. The second kappa shape index (κ2) is 6.08. The maximum absolute atomic E-state index is 10.5. The molecule has 3 atom stereocenters. The number of rotatable bonds is 2. The Balaban J connectivity index is 0.000000149. The van der Waals surface area contributed by atoms with Crippen LogP contribution in [0.2, 0.25) is 0 Å². The molecule has 110 valence electrons. The van der Waals surface area contributed by atoms with Crippen molar-refractivity contribution in [2.24, 2.45) is 23.5 Å². The van der Waals surface area contributed by atoms with Gasteiger partial charge in [-0.3, -0.25) is 4.55 Å². The van der Waals surface area contributed by atoms with Gasteiger partial charge in [0.25, 0.3) is 10.1 Å². The lowest BCUT2D eigenvalue weighted by Gasteiger charge is -2.14. The first-order valence-corrected chi connectivity index (χ1v) is 8.26. The summed E-state index contributed by atoms with van der Waals surface area (Å²) in [6.45, 7) is 2.74. The summed E-state index contributed by atoms with van der Waals surface area (Å²) in [5.74, 6) is 2.56. The number of fused-ring (bicyclic) bond motifs is 2. The van der Waals surface area contributed by atoms with Gasteiger partial charge in [-0.25, -0.2) is 0 Å². The molecule has 2 bridgehead atoms. The van der Waals surface area contributed by atoms with Crippen molar-refractivity contribution < 1.29 is 13.0 Å².